The van der Waals surface area contributed by atoms with Gasteiger partial charge in [-0.2, -0.15) is 9.40 Å². The summed E-state index contributed by atoms with van der Waals surface area (Å²) in [5.41, 5.74) is 0.621. The molecule has 0 aliphatic carbocycles. The van der Waals surface area contributed by atoms with E-state index in [9.17, 15) is 17.2 Å². The van der Waals surface area contributed by atoms with Gasteiger partial charge >= 0.3 is 0 Å². The van der Waals surface area contributed by atoms with Crippen molar-refractivity contribution in [3.8, 4) is 0 Å². The van der Waals surface area contributed by atoms with Crippen LogP contribution < -0.4 is 0 Å². The standard InChI is InChI=1S/C12H13F2N3O2S/c1-16-7-9(6-15-16)8-17(2)20(18,19)12-10(13)4-3-5-11(12)14/h3-7H,8H2,1-2H3. The smallest absolute Gasteiger partial charge is 0.248 e. The molecule has 0 radical (unpaired) electrons. The van der Waals surface area contributed by atoms with Gasteiger partial charge in [0.15, 0.2) is 4.90 Å². The minimum atomic E-state index is -4.24. The van der Waals surface area contributed by atoms with Gasteiger partial charge in [-0.3, -0.25) is 4.68 Å². The fourth-order valence-corrected chi connectivity index (χ4v) is 3.04. The van der Waals surface area contributed by atoms with Crippen molar-refractivity contribution >= 4 is 10.0 Å². The Hall–Kier alpha value is -1.80. The third-order valence-electron chi connectivity index (χ3n) is 2.75. The van der Waals surface area contributed by atoms with Gasteiger partial charge in [0.05, 0.1) is 6.20 Å². The molecule has 0 bridgehead atoms. The van der Waals surface area contributed by atoms with E-state index >= 15 is 0 Å². The van der Waals surface area contributed by atoms with Crippen LogP contribution in [0.3, 0.4) is 0 Å². The summed E-state index contributed by atoms with van der Waals surface area (Å²) in [4.78, 5) is -0.939. The molecule has 8 heteroatoms. The number of sulfonamides is 1. The molecule has 0 fully saturated rings. The maximum absolute atomic E-state index is 13.6. The van der Waals surface area contributed by atoms with Gasteiger partial charge in [0.1, 0.15) is 11.6 Å². The van der Waals surface area contributed by atoms with Crippen LogP contribution >= 0.6 is 0 Å². The zero-order valence-corrected chi connectivity index (χ0v) is 11.7. The Kier molecular flexibility index (Phi) is 3.87. The van der Waals surface area contributed by atoms with Crippen LogP contribution in [-0.4, -0.2) is 29.6 Å². The highest BCUT2D eigenvalue weighted by Gasteiger charge is 2.28. The Labute approximate surface area is 115 Å². The van der Waals surface area contributed by atoms with E-state index in [0.717, 1.165) is 22.5 Å². The number of benzene rings is 1. The number of hydrogen-bond acceptors (Lipinski definition) is 3. The SMILES string of the molecule is CN(Cc1cnn(C)c1)S(=O)(=O)c1c(F)cccc1F. The van der Waals surface area contributed by atoms with Crippen LogP contribution in [0.1, 0.15) is 5.56 Å². The topological polar surface area (TPSA) is 55.2 Å². The van der Waals surface area contributed by atoms with Crippen LogP contribution in [0.25, 0.3) is 0 Å². The summed E-state index contributed by atoms with van der Waals surface area (Å²) in [5, 5.41) is 3.91. The van der Waals surface area contributed by atoms with Crippen molar-refractivity contribution < 1.29 is 17.2 Å². The van der Waals surface area contributed by atoms with E-state index in [0.29, 0.717) is 5.56 Å². The second-order valence-electron chi connectivity index (χ2n) is 4.33. The monoisotopic (exact) mass is 301 g/mol. The molecule has 2 rings (SSSR count). The van der Waals surface area contributed by atoms with Gasteiger partial charge in [-0.25, -0.2) is 17.2 Å². The number of halogens is 2. The molecule has 0 amide bonds. The van der Waals surface area contributed by atoms with Crippen molar-refractivity contribution in [2.75, 3.05) is 7.05 Å². The highest BCUT2D eigenvalue weighted by Crippen LogP contribution is 2.22. The first-order valence-electron chi connectivity index (χ1n) is 5.70. The quantitative estimate of drug-likeness (QED) is 0.860. The third kappa shape index (κ3) is 2.70. The minimum Gasteiger partial charge on any atom is -0.275 e. The molecule has 0 saturated heterocycles. The van der Waals surface area contributed by atoms with Gasteiger partial charge < -0.3 is 0 Å². The first-order chi connectivity index (χ1) is 9.32. The number of hydrogen-bond donors (Lipinski definition) is 0. The summed E-state index contributed by atoms with van der Waals surface area (Å²) in [6.07, 6.45) is 3.12. The van der Waals surface area contributed by atoms with Crippen molar-refractivity contribution in [3.63, 3.8) is 0 Å². The maximum Gasteiger partial charge on any atom is 0.248 e. The Balaban J connectivity index is 2.35. The lowest BCUT2D eigenvalue weighted by molar-refractivity contribution is 0.448. The van der Waals surface area contributed by atoms with Crippen molar-refractivity contribution in [2.45, 2.75) is 11.4 Å². The largest absolute Gasteiger partial charge is 0.275 e. The second-order valence-corrected chi connectivity index (χ2v) is 6.32. The Bertz CT molecular complexity index is 708. The van der Waals surface area contributed by atoms with E-state index in [-0.39, 0.29) is 6.54 Å². The molecule has 0 spiro atoms. The van der Waals surface area contributed by atoms with Crippen LogP contribution in [0.5, 0.6) is 0 Å². The van der Waals surface area contributed by atoms with Crippen LogP contribution in [0.4, 0.5) is 8.78 Å². The predicted octanol–water partition coefficient (Wildman–Crippen LogP) is 1.52. The molecular formula is C12H13F2N3O2S. The van der Waals surface area contributed by atoms with Crippen molar-refractivity contribution in [3.05, 3.63) is 47.8 Å². The summed E-state index contributed by atoms with van der Waals surface area (Å²) >= 11 is 0. The van der Waals surface area contributed by atoms with Crippen LogP contribution in [0, 0.1) is 11.6 Å². The summed E-state index contributed by atoms with van der Waals surface area (Å²) in [6.45, 7) is -0.0239. The van der Waals surface area contributed by atoms with Crippen LogP contribution in [-0.2, 0) is 23.6 Å². The average Bonchev–Trinajstić information content (AvgIpc) is 2.74. The van der Waals surface area contributed by atoms with Gasteiger partial charge in [-0.15, -0.1) is 0 Å². The average molecular weight is 301 g/mol. The molecule has 20 heavy (non-hydrogen) atoms. The highest BCUT2D eigenvalue weighted by atomic mass is 32.2. The van der Waals surface area contributed by atoms with Crippen LogP contribution in [0.2, 0.25) is 0 Å². The fraction of sp³-hybridized carbons (Fsp3) is 0.250. The molecule has 108 valence electrons. The molecule has 1 heterocycles. The van der Waals surface area contributed by atoms with Crippen molar-refractivity contribution in [1.29, 1.82) is 0 Å². The molecule has 0 saturated carbocycles. The van der Waals surface area contributed by atoms with E-state index in [1.165, 1.54) is 17.9 Å². The molecule has 5 nitrogen and oxygen atoms in total. The lowest BCUT2D eigenvalue weighted by atomic mass is 10.3. The Morgan fingerprint density at radius 2 is 1.90 bits per heavy atom. The highest BCUT2D eigenvalue weighted by molar-refractivity contribution is 7.89. The summed E-state index contributed by atoms with van der Waals surface area (Å²) < 4.78 is 54.0. The first kappa shape index (κ1) is 14.6. The molecular weight excluding hydrogens is 288 g/mol. The van der Waals surface area contributed by atoms with Gasteiger partial charge in [0.2, 0.25) is 10.0 Å². The zero-order chi connectivity index (χ0) is 14.9. The minimum absolute atomic E-state index is 0.0239. The molecule has 2 aromatic rings. The molecule has 1 aromatic heterocycles. The summed E-state index contributed by atoms with van der Waals surface area (Å²) in [5.74, 6) is -2.22. The lowest BCUT2D eigenvalue weighted by Crippen LogP contribution is -2.28. The second kappa shape index (κ2) is 5.29. The third-order valence-corrected chi connectivity index (χ3v) is 4.61. The molecule has 0 aliphatic heterocycles. The number of aromatic nitrogens is 2. The van der Waals surface area contributed by atoms with E-state index in [2.05, 4.69) is 5.10 Å². The molecule has 0 aliphatic rings. The van der Waals surface area contributed by atoms with Gasteiger partial charge in [0, 0.05) is 32.4 Å². The predicted molar refractivity (Wildman–Crippen MR) is 68.2 cm³/mol. The Morgan fingerprint density at radius 3 is 2.40 bits per heavy atom. The lowest BCUT2D eigenvalue weighted by Gasteiger charge is -2.17. The van der Waals surface area contributed by atoms with E-state index in [4.69, 9.17) is 0 Å². The van der Waals surface area contributed by atoms with E-state index in [1.807, 2.05) is 0 Å². The van der Waals surface area contributed by atoms with E-state index in [1.54, 1.807) is 13.2 Å². The van der Waals surface area contributed by atoms with Gasteiger partial charge in [-0.05, 0) is 12.1 Å². The zero-order valence-electron chi connectivity index (χ0n) is 10.9. The van der Waals surface area contributed by atoms with Crippen LogP contribution in [0.15, 0.2) is 35.5 Å². The summed E-state index contributed by atoms with van der Waals surface area (Å²) in [6, 6.07) is 2.94. The molecule has 0 atom stereocenters. The maximum atomic E-state index is 13.6. The number of rotatable bonds is 4. The molecule has 0 N–H and O–H groups in total. The Morgan fingerprint density at radius 1 is 1.30 bits per heavy atom. The number of nitrogens with zero attached hydrogens (tertiary/aromatic N) is 3. The number of aryl methyl sites for hydroxylation is 1. The van der Waals surface area contributed by atoms with Gasteiger partial charge in [0.25, 0.3) is 0 Å². The van der Waals surface area contributed by atoms with E-state index < -0.39 is 26.6 Å². The molecule has 0 unspecified atom stereocenters. The fourth-order valence-electron chi connectivity index (χ4n) is 1.78. The normalized spacial score (nSPS) is 12.1. The van der Waals surface area contributed by atoms with Gasteiger partial charge in [-0.1, -0.05) is 6.07 Å². The van der Waals surface area contributed by atoms with Crippen molar-refractivity contribution in [1.82, 2.24) is 14.1 Å². The summed E-state index contributed by atoms with van der Waals surface area (Å²) in [7, 11) is -1.30. The first-order valence-corrected chi connectivity index (χ1v) is 7.14. The molecule has 1 aromatic carbocycles. The van der Waals surface area contributed by atoms with Crippen molar-refractivity contribution in [2.24, 2.45) is 7.05 Å².